The Kier molecular flexibility index (Phi) is 5.15. The van der Waals surface area contributed by atoms with Gasteiger partial charge in [-0.05, 0) is 18.9 Å². The maximum atomic E-state index is 11.5. The zero-order chi connectivity index (χ0) is 14.5. The van der Waals surface area contributed by atoms with Crippen LogP contribution in [0.25, 0.3) is 0 Å². The Morgan fingerprint density at radius 3 is 2.90 bits per heavy atom. The molecule has 1 aliphatic heterocycles. The molecule has 2 unspecified atom stereocenters. The second-order valence-corrected chi connectivity index (χ2v) is 5.57. The standard InChI is InChI=1S/C16H25N3O/c1-3-14(17)16(13-6-4-5-12(2)11-13)19-9-7-15(20)18-8-10-19/h4-6,11,14,16H,3,7-10,17H2,1-2H3,(H,18,20). The Hall–Kier alpha value is -1.39. The maximum Gasteiger partial charge on any atom is 0.221 e. The number of carbonyl (C=O) groups excluding carboxylic acids is 1. The first-order valence-electron chi connectivity index (χ1n) is 7.44. The Labute approximate surface area is 121 Å². The van der Waals surface area contributed by atoms with Gasteiger partial charge in [0.15, 0.2) is 0 Å². The number of hydrogen-bond donors (Lipinski definition) is 2. The third-order valence-electron chi connectivity index (χ3n) is 4.00. The minimum Gasteiger partial charge on any atom is -0.355 e. The zero-order valence-corrected chi connectivity index (χ0v) is 12.4. The number of aryl methyl sites for hydroxylation is 1. The lowest BCUT2D eigenvalue weighted by Crippen LogP contribution is -2.42. The van der Waals surface area contributed by atoms with Crippen LogP contribution in [0.1, 0.15) is 36.9 Å². The molecule has 0 bridgehead atoms. The molecule has 1 amide bonds. The second-order valence-electron chi connectivity index (χ2n) is 5.57. The minimum atomic E-state index is 0.0880. The number of nitrogens with zero attached hydrogens (tertiary/aromatic N) is 1. The van der Waals surface area contributed by atoms with Gasteiger partial charge in [0, 0.05) is 38.1 Å². The van der Waals surface area contributed by atoms with Gasteiger partial charge in [0.2, 0.25) is 5.91 Å². The summed E-state index contributed by atoms with van der Waals surface area (Å²) in [5.41, 5.74) is 8.88. The van der Waals surface area contributed by atoms with Gasteiger partial charge in [-0.1, -0.05) is 36.8 Å². The lowest BCUT2D eigenvalue weighted by molar-refractivity contribution is -0.120. The molecule has 1 aliphatic rings. The highest BCUT2D eigenvalue weighted by Gasteiger charge is 2.27. The van der Waals surface area contributed by atoms with Crippen LogP contribution in [0.15, 0.2) is 24.3 Å². The van der Waals surface area contributed by atoms with E-state index in [0.29, 0.717) is 13.0 Å². The number of amides is 1. The van der Waals surface area contributed by atoms with E-state index in [1.807, 2.05) is 0 Å². The molecule has 1 fully saturated rings. The average molecular weight is 275 g/mol. The SMILES string of the molecule is CCC(N)C(c1cccc(C)c1)N1CCNC(=O)CC1. The van der Waals surface area contributed by atoms with E-state index in [1.165, 1.54) is 11.1 Å². The number of rotatable bonds is 4. The van der Waals surface area contributed by atoms with E-state index >= 15 is 0 Å². The summed E-state index contributed by atoms with van der Waals surface area (Å²) in [6, 6.07) is 8.82. The lowest BCUT2D eigenvalue weighted by atomic mass is 9.95. The summed E-state index contributed by atoms with van der Waals surface area (Å²) >= 11 is 0. The lowest BCUT2D eigenvalue weighted by Gasteiger charge is -2.34. The summed E-state index contributed by atoms with van der Waals surface area (Å²) in [7, 11) is 0. The highest BCUT2D eigenvalue weighted by Crippen LogP contribution is 2.26. The van der Waals surface area contributed by atoms with Crippen molar-refractivity contribution in [3.8, 4) is 0 Å². The number of nitrogens with one attached hydrogen (secondary N) is 1. The van der Waals surface area contributed by atoms with Crippen molar-refractivity contribution in [1.29, 1.82) is 0 Å². The first-order valence-corrected chi connectivity index (χ1v) is 7.44. The van der Waals surface area contributed by atoms with E-state index < -0.39 is 0 Å². The van der Waals surface area contributed by atoms with Crippen molar-refractivity contribution < 1.29 is 4.79 Å². The van der Waals surface area contributed by atoms with Crippen molar-refractivity contribution in [2.24, 2.45) is 5.73 Å². The van der Waals surface area contributed by atoms with Gasteiger partial charge >= 0.3 is 0 Å². The van der Waals surface area contributed by atoms with E-state index in [-0.39, 0.29) is 18.0 Å². The molecule has 110 valence electrons. The smallest absolute Gasteiger partial charge is 0.221 e. The van der Waals surface area contributed by atoms with Gasteiger partial charge in [-0.25, -0.2) is 0 Å². The molecule has 0 radical (unpaired) electrons. The highest BCUT2D eigenvalue weighted by atomic mass is 16.1. The molecule has 1 saturated heterocycles. The third kappa shape index (κ3) is 3.58. The summed E-state index contributed by atoms with van der Waals surface area (Å²) in [6.07, 6.45) is 1.48. The van der Waals surface area contributed by atoms with E-state index in [9.17, 15) is 4.79 Å². The van der Waals surface area contributed by atoms with Crippen LogP contribution in [0.3, 0.4) is 0 Å². The van der Waals surface area contributed by atoms with Gasteiger partial charge in [0.25, 0.3) is 0 Å². The Morgan fingerprint density at radius 1 is 1.40 bits per heavy atom. The van der Waals surface area contributed by atoms with Gasteiger partial charge in [-0.15, -0.1) is 0 Å². The molecule has 1 aromatic carbocycles. The summed E-state index contributed by atoms with van der Waals surface area (Å²) in [6.45, 7) is 6.56. The van der Waals surface area contributed by atoms with Crippen LogP contribution in [0.2, 0.25) is 0 Å². The summed E-state index contributed by atoms with van der Waals surface area (Å²) in [5, 5.41) is 2.93. The van der Waals surface area contributed by atoms with Crippen LogP contribution in [0.4, 0.5) is 0 Å². The van der Waals surface area contributed by atoms with Crippen molar-refractivity contribution in [2.45, 2.75) is 38.8 Å². The van der Waals surface area contributed by atoms with E-state index in [4.69, 9.17) is 5.73 Å². The van der Waals surface area contributed by atoms with Crippen LogP contribution >= 0.6 is 0 Å². The number of benzene rings is 1. The fourth-order valence-corrected chi connectivity index (χ4v) is 2.87. The predicted octanol–water partition coefficient (Wildman–Crippen LogP) is 1.60. The minimum absolute atomic E-state index is 0.0880. The molecule has 0 aromatic heterocycles. The monoisotopic (exact) mass is 275 g/mol. The predicted molar refractivity (Wildman–Crippen MR) is 81.4 cm³/mol. The Morgan fingerprint density at radius 2 is 2.20 bits per heavy atom. The van der Waals surface area contributed by atoms with Crippen LogP contribution in [0.5, 0.6) is 0 Å². The van der Waals surface area contributed by atoms with Crippen LogP contribution < -0.4 is 11.1 Å². The molecule has 1 heterocycles. The van der Waals surface area contributed by atoms with Gasteiger partial charge in [0.1, 0.15) is 0 Å². The van der Waals surface area contributed by atoms with Gasteiger partial charge < -0.3 is 11.1 Å². The summed E-state index contributed by atoms with van der Waals surface area (Å²) in [4.78, 5) is 13.9. The van der Waals surface area contributed by atoms with Crippen molar-refractivity contribution in [3.05, 3.63) is 35.4 Å². The van der Waals surface area contributed by atoms with Crippen molar-refractivity contribution in [1.82, 2.24) is 10.2 Å². The first kappa shape index (κ1) is 15.0. The van der Waals surface area contributed by atoms with Crippen LogP contribution in [0, 0.1) is 6.92 Å². The van der Waals surface area contributed by atoms with Crippen LogP contribution in [-0.4, -0.2) is 36.5 Å². The third-order valence-corrected chi connectivity index (χ3v) is 4.00. The number of hydrogen-bond acceptors (Lipinski definition) is 3. The molecule has 0 saturated carbocycles. The highest BCUT2D eigenvalue weighted by molar-refractivity contribution is 5.76. The molecular formula is C16H25N3O. The summed E-state index contributed by atoms with van der Waals surface area (Å²) < 4.78 is 0. The van der Waals surface area contributed by atoms with Crippen LogP contribution in [-0.2, 0) is 4.79 Å². The van der Waals surface area contributed by atoms with Gasteiger partial charge in [0.05, 0.1) is 0 Å². The Balaban J connectivity index is 2.25. The van der Waals surface area contributed by atoms with Gasteiger partial charge in [-0.3, -0.25) is 9.69 Å². The van der Waals surface area contributed by atoms with E-state index in [0.717, 1.165) is 19.5 Å². The molecule has 0 aliphatic carbocycles. The number of carbonyl (C=O) groups is 1. The molecule has 0 spiro atoms. The zero-order valence-electron chi connectivity index (χ0n) is 12.4. The molecule has 3 N–H and O–H groups in total. The molecule has 4 nitrogen and oxygen atoms in total. The fraction of sp³-hybridized carbons (Fsp3) is 0.562. The molecular weight excluding hydrogens is 250 g/mol. The maximum absolute atomic E-state index is 11.5. The van der Waals surface area contributed by atoms with E-state index in [1.54, 1.807) is 0 Å². The largest absolute Gasteiger partial charge is 0.355 e. The fourth-order valence-electron chi connectivity index (χ4n) is 2.87. The quantitative estimate of drug-likeness (QED) is 0.877. The van der Waals surface area contributed by atoms with Gasteiger partial charge in [-0.2, -0.15) is 0 Å². The normalized spacial score (nSPS) is 20.1. The molecule has 20 heavy (non-hydrogen) atoms. The Bertz CT molecular complexity index is 461. The average Bonchev–Trinajstić information content (AvgIpc) is 2.64. The van der Waals surface area contributed by atoms with Crippen molar-refractivity contribution in [3.63, 3.8) is 0 Å². The second kappa shape index (κ2) is 6.86. The molecule has 2 atom stereocenters. The topological polar surface area (TPSA) is 58.4 Å². The van der Waals surface area contributed by atoms with E-state index in [2.05, 4.69) is 48.3 Å². The molecule has 2 rings (SSSR count). The summed E-state index contributed by atoms with van der Waals surface area (Å²) in [5.74, 6) is 0.139. The van der Waals surface area contributed by atoms with Crippen molar-refractivity contribution >= 4 is 5.91 Å². The first-order chi connectivity index (χ1) is 9.61. The molecule has 1 aromatic rings. The van der Waals surface area contributed by atoms with Crippen molar-refractivity contribution in [2.75, 3.05) is 19.6 Å². The molecule has 4 heteroatoms. The number of nitrogens with two attached hydrogens (primary N) is 1.